The molecule has 0 aromatic heterocycles. The molecule has 0 radical (unpaired) electrons. The minimum Gasteiger partial charge on any atom is -0.388 e. The molecule has 0 unspecified atom stereocenters. The van der Waals surface area contributed by atoms with Crippen LogP contribution in [0.15, 0.2) is 0 Å². The Morgan fingerprint density at radius 3 is 2.41 bits per heavy atom. The Balaban J connectivity index is 1.88. The van der Waals surface area contributed by atoms with Gasteiger partial charge in [-0.1, -0.05) is 0 Å². The number of aliphatic hydroxyl groups is 1. The van der Waals surface area contributed by atoms with Crippen LogP contribution in [0.2, 0.25) is 0 Å². The maximum atomic E-state index is 11.9. The van der Waals surface area contributed by atoms with E-state index in [1.807, 2.05) is 0 Å². The fraction of sp³-hybridized carbons (Fsp3) is 1.00. The first-order valence-electron chi connectivity index (χ1n) is 6.07. The summed E-state index contributed by atoms with van der Waals surface area (Å²) in [7, 11) is -3.41. The molecule has 7 heteroatoms. The largest absolute Gasteiger partial charge is 0.388 e. The van der Waals surface area contributed by atoms with Crippen molar-refractivity contribution in [1.82, 2.24) is 9.03 Å². The minimum absolute atomic E-state index is 0.0786. The first-order chi connectivity index (χ1) is 8.02. The SMILES string of the molecule is O=S(=O)(NCC1(O)CCOCC1)N1CCCC1. The number of ether oxygens (including phenoxy) is 1. The summed E-state index contributed by atoms with van der Waals surface area (Å²) >= 11 is 0. The molecular weight excluding hydrogens is 244 g/mol. The molecule has 2 saturated heterocycles. The summed E-state index contributed by atoms with van der Waals surface area (Å²) in [5.41, 5.74) is -0.953. The molecule has 0 atom stereocenters. The van der Waals surface area contributed by atoms with E-state index in [2.05, 4.69) is 4.72 Å². The van der Waals surface area contributed by atoms with Gasteiger partial charge in [0.05, 0.1) is 5.60 Å². The van der Waals surface area contributed by atoms with Crippen molar-refractivity contribution in [2.45, 2.75) is 31.3 Å². The van der Waals surface area contributed by atoms with Crippen LogP contribution < -0.4 is 4.72 Å². The Kier molecular flexibility index (Phi) is 4.04. The van der Waals surface area contributed by atoms with Gasteiger partial charge in [-0.15, -0.1) is 0 Å². The summed E-state index contributed by atoms with van der Waals surface area (Å²) in [4.78, 5) is 0. The van der Waals surface area contributed by atoms with Crippen LogP contribution in [0.5, 0.6) is 0 Å². The molecule has 0 saturated carbocycles. The number of nitrogens with zero attached hydrogens (tertiary/aromatic N) is 1. The van der Waals surface area contributed by atoms with Gasteiger partial charge in [-0.2, -0.15) is 17.4 Å². The van der Waals surface area contributed by atoms with Crippen molar-refractivity contribution in [3.05, 3.63) is 0 Å². The van der Waals surface area contributed by atoms with Gasteiger partial charge in [0.1, 0.15) is 0 Å². The van der Waals surface area contributed by atoms with E-state index in [-0.39, 0.29) is 6.54 Å². The van der Waals surface area contributed by atoms with Gasteiger partial charge >= 0.3 is 0 Å². The predicted octanol–water partition coefficient (Wildman–Crippen LogP) is -0.542. The molecule has 0 bridgehead atoms. The Morgan fingerprint density at radius 2 is 1.82 bits per heavy atom. The van der Waals surface area contributed by atoms with E-state index >= 15 is 0 Å². The van der Waals surface area contributed by atoms with Gasteiger partial charge in [0, 0.05) is 45.7 Å². The van der Waals surface area contributed by atoms with Gasteiger partial charge in [-0.3, -0.25) is 0 Å². The molecule has 2 rings (SSSR count). The van der Waals surface area contributed by atoms with Crippen molar-refractivity contribution in [3.8, 4) is 0 Å². The molecule has 2 aliphatic rings. The third-order valence-electron chi connectivity index (χ3n) is 3.41. The number of hydrogen-bond acceptors (Lipinski definition) is 4. The molecule has 0 amide bonds. The average Bonchev–Trinajstić information content (AvgIpc) is 2.82. The van der Waals surface area contributed by atoms with E-state index in [1.54, 1.807) is 0 Å². The van der Waals surface area contributed by atoms with Crippen molar-refractivity contribution in [3.63, 3.8) is 0 Å². The summed E-state index contributed by atoms with van der Waals surface area (Å²) in [6, 6.07) is 0. The zero-order valence-corrected chi connectivity index (χ0v) is 10.7. The molecule has 2 heterocycles. The molecule has 0 aliphatic carbocycles. The molecule has 2 N–H and O–H groups in total. The van der Waals surface area contributed by atoms with Gasteiger partial charge < -0.3 is 9.84 Å². The van der Waals surface area contributed by atoms with E-state index in [0.717, 1.165) is 12.8 Å². The van der Waals surface area contributed by atoms with E-state index in [9.17, 15) is 13.5 Å². The van der Waals surface area contributed by atoms with Crippen molar-refractivity contribution < 1.29 is 18.3 Å². The Labute approximate surface area is 102 Å². The van der Waals surface area contributed by atoms with Crippen LogP contribution >= 0.6 is 0 Å². The highest BCUT2D eigenvalue weighted by Gasteiger charge is 2.33. The molecular formula is C10H20N2O4S. The molecule has 0 aromatic carbocycles. The van der Waals surface area contributed by atoms with Crippen molar-refractivity contribution in [2.75, 3.05) is 32.8 Å². The lowest BCUT2D eigenvalue weighted by atomic mass is 9.95. The van der Waals surface area contributed by atoms with Crippen molar-refractivity contribution in [1.29, 1.82) is 0 Å². The van der Waals surface area contributed by atoms with E-state index in [0.29, 0.717) is 39.1 Å². The second-order valence-corrected chi connectivity index (χ2v) is 6.52. The summed E-state index contributed by atoms with van der Waals surface area (Å²) < 4.78 is 32.9. The smallest absolute Gasteiger partial charge is 0.279 e. The van der Waals surface area contributed by atoms with Crippen LogP contribution in [0.1, 0.15) is 25.7 Å². The topological polar surface area (TPSA) is 78.9 Å². The summed E-state index contributed by atoms with van der Waals surface area (Å²) in [6.07, 6.45) is 2.79. The number of nitrogens with one attached hydrogen (secondary N) is 1. The first kappa shape index (κ1) is 13.2. The van der Waals surface area contributed by atoms with Crippen LogP contribution in [-0.4, -0.2) is 56.3 Å². The van der Waals surface area contributed by atoms with E-state index < -0.39 is 15.8 Å². The normalized spacial score (nSPS) is 26.2. The lowest BCUT2D eigenvalue weighted by Crippen LogP contribution is -2.49. The van der Waals surface area contributed by atoms with Crippen molar-refractivity contribution in [2.24, 2.45) is 0 Å². The molecule has 100 valence electrons. The van der Waals surface area contributed by atoms with Crippen molar-refractivity contribution >= 4 is 10.2 Å². The Hall–Kier alpha value is -0.210. The zero-order valence-electron chi connectivity index (χ0n) is 9.89. The highest BCUT2D eigenvalue weighted by Crippen LogP contribution is 2.20. The quantitative estimate of drug-likeness (QED) is 0.714. The maximum absolute atomic E-state index is 11.9. The Morgan fingerprint density at radius 1 is 1.24 bits per heavy atom. The fourth-order valence-corrected chi connectivity index (χ4v) is 3.55. The van der Waals surface area contributed by atoms with Gasteiger partial charge in [-0.25, -0.2) is 0 Å². The highest BCUT2D eigenvalue weighted by atomic mass is 32.2. The Bertz CT molecular complexity index is 345. The van der Waals surface area contributed by atoms with Crippen LogP contribution in [-0.2, 0) is 14.9 Å². The zero-order chi connectivity index (χ0) is 12.4. The lowest BCUT2D eigenvalue weighted by Gasteiger charge is -2.32. The van der Waals surface area contributed by atoms with Gasteiger partial charge in [0.15, 0.2) is 0 Å². The van der Waals surface area contributed by atoms with E-state index in [1.165, 1.54) is 4.31 Å². The summed E-state index contributed by atoms with van der Waals surface area (Å²) in [6.45, 7) is 2.22. The maximum Gasteiger partial charge on any atom is 0.279 e. The predicted molar refractivity (Wildman–Crippen MR) is 62.7 cm³/mol. The number of hydrogen-bond donors (Lipinski definition) is 2. The molecule has 2 aliphatic heterocycles. The first-order valence-corrected chi connectivity index (χ1v) is 7.51. The molecule has 0 spiro atoms. The van der Waals surface area contributed by atoms with Gasteiger partial charge in [0.25, 0.3) is 10.2 Å². The summed E-state index contributed by atoms with van der Waals surface area (Å²) in [5, 5.41) is 10.2. The van der Waals surface area contributed by atoms with Gasteiger partial charge in [0.2, 0.25) is 0 Å². The van der Waals surface area contributed by atoms with Crippen LogP contribution in [0.25, 0.3) is 0 Å². The van der Waals surface area contributed by atoms with Gasteiger partial charge in [-0.05, 0) is 12.8 Å². The minimum atomic E-state index is -3.41. The van der Waals surface area contributed by atoms with Crippen LogP contribution in [0.3, 0.4) is 0 Å². The fourth-order valence-electron chi connectivity index (χ4n) is 2.17. The van der Waals surface area contributed by atoms with E-state index in [4.69, 9.17) is 4.74 Å². The van der Waals surface area contributed by atoms with Crippen LogP contribution in [0, 0.1) is 0 Å². The monoisotopic (exact) mass is 264 g/mol. The number of rotatable bonds is 4. The molecule has 6 nitrogen and oxygen atoms in total. The highest BCUT2D eigenvalue weighted by molar-refractivity contribution is 7.87. The third-order valence-corrected chi connectivity index (χ3v) is 4.97. The summed E-state index contributed by atoms with van der Waals surface area (Å²) in [5.74, 6) is 0. The standard InChI is InChI=1S/C10H20N2O4S/c13-10(3-7-16-8-4-10)9-11-17(14,15)12-5-1-2-6-12/h11,13H,1-9H2. The lowest BCUT2D eigenvalue weighted by molar-refractivity contribution is -0.0590. The second kappa shape index (κ2) is 5.19. The third kappa shape index (κ3) is 3.38. The second-order valence-electron chi connectivity index (χ2n) is 4.77. The molecule has 17 heavy (non-hydrogen) atoms. The molecule has 0 aromatic rings. The molecule has 2 fully saturated rings. The van der Waals surface area contributed by atoms with Crippen LogP contribution in [0.4, 0.5) is 0 Å². The average molecular weight is 264 g/mol.